The van der Waals surface area contributed by atoms with Crippen molar-refractivity contribution in [2.24, 2.45) is 0 Å². The van der Waals surface area contributed by atoms with Crippen molar-refractivity contribution in [3.05, 3.63) is 46.6 Å². The molecule has 1 nitrogen and oxygen atoms in total. The molecule has 3 aliphatic rings. The van der Waals surface area contributed by atoms with Gasteiger partial charge >= 0.3 is 0 Å². The Bertz CT molecular complexity index is 391. The fourth-order valence-corrected chi connectivity index (χ4v) is 2.50. The zero-order valence-electron chi connectivity index (χ0n) is 8.04. The Hall–Kier alpha value is -1.08. The molecule has 0 aromatic carbocycles. The topological polar surface area (TPSA) is 3.24 Å². The summed E-state index contributed by atoms with van der Waals surface area (Å²) in [6.07, 6.45) is 10.3. The molecule has 0 saturated carbocycles. The fourth-order valence-electron chi connectivity index (χ4n) is 2.50. The number of allylic oxidation sites excluding steroid dienone is 5. The van der Waals surface area contributed by atoms with Crippen LogP contribution in [0.15, 0.2) is 46.6 Å². The molecule has 66 valence electrons. The molecule has 0 aliphatic heterocycles. The average Bonchev–Trinajstić information content (AvgIpc) is 2.76. The zero-order valence-corrected chi connectivity index (χ0v) is 8.04. The highest BCUT2D eigenvalue weighted by molar-refractivity contribution is 5.69. The first kappa shape index (κ1) is 7.34. The van der Waals surface area contributed by atoms with Gasteiger partial charge in [-0.2, -0.15) is 0 Å². The molecule has 2 bridgehead atoms. The second-order valence-electron chi connectivity index (χ2n) is 4.16. The van der Waals surface area contributed by atoms with Crippen LogP contribution in [0.2, 0.25) is 0 Å². The molecule has 1 heteroatoms. The Morgan fingerprint density at radius 1 is 1.15 bits per heavy atom. The van der Waals surface area contributed by atoms with Gasteiger partial charge in [-0.05, 0) is 42.8 Å². The highest BCUT2D eigenvalue weighted by atomic mass is 15.1. The van der Waals surface area contributed by atoms with E-state index in [9.17, 15) is 0 Å². The third kappa shape index (κ3) is 0.802. The maximum Gasteiger partial charge on any atom is 0.0538 e. The van der Waals surface area contributed by atoms with Crippen LogP contribution in [-0.2, 0) is 0 Å². The van der Waals surface area contributed by atoms with Crippen LogP contribution in [0, 0.1) is 0 Å². The van der Waals surface area contributed by atoms with Crippen LogP contribution in [0.3, 0.4) is 0 Å². The van der Waals surface area contributed by atoms with Gasteiger partial charge in [0, 0.05) is 0 Å². The quantitative estimate of drug-likeness (QED) is 0.583. The Balaban J connectivity index is 2.14. The van der Waals surface area contributed by atoms with E-state index in [1.165, 1.54) is 23.1 Å². The van der Waals surface area contributed by atoms with E-state index in [4.69, 9.17) is 0 Å². The summed E-state index contributed by atoms with van der Waals surface area (Å²) in [5, 5.41) is 0. The Morgan fingerprint density at radius 3 is 2.69 bits per heavy atom. The SMILES string of the molecule is CN(C)C1C=CC2=C3C=CC(=C21)C3. The van der Waals surface area contributed by atoms with Crippen LogP contribution in [-0.4, -0.2) is 25.0 Å². The van der Waals surface area contributed by atoms with Crippen LogP contribution in [0.5, 0.6) is 0 Å². The molecule has 0 aromatic heterocycles. The van der Waals surface area contributed by atoms with E-state index in [2.05, 4.69) is 43.3 Å². The van der Waals surface area contributed by atoms with Crippen LogP contribution in [0.4, 0.5) is 0 Å². The minimum atomic E-state index is 0.521. The third-order valence-electron chi connectivity index (χ3n) is 3.15. The lowest BCUT2D eigenvalue weighted by atomic mass is 10.0. The van der Waals surface area contributed by atoms with Gasteiger partial charge in [-0.1, -0.05) is 24.3 Å². The molecule has 0 N–H and O–H groups in total. The molecular weight excluding hydrogens is 158 g/mol. The van der Waals surface area contributed by atoms with Crippen molar-refractivity contribution in [1.82, 2.24) is 4.90 Å². The monoisotopic (exact) mass is 171 g/mol. The molecule has 3 aliphatic carbocycles. The molecule has 0 saturated heterocycles. The summed E-state index contributed by atoms with van der Waals surface area (Å²) in [6.45, 7) is 0. The number of nitrogens with zero attached hydrogens (tertiary/aromatic N) is 1. The minimum Gasteiger partial charge on any atom is -0.299 e. The summed E-state index contributed by atoms with van der Waals surface area (Å²) in [6, 6.07) is 0.521. The number of likely N-dealkylation sites (N-methyl/N-ethyl adjacent to an activating group) is 1. The molecule has 3 rings (SSSR count). The summed E-state index contributed by atoms with van der Waals surface area (Å²) in [5.41, 5.74) is 6.11. The van der Waals surface area contributed by atoms with E-state index in [1.54, 1.807) is 5.57 Å². The Kier molecular flexibility index (Phi) is 1.26. The van der Waals surface area contributed by atoms with E-state index in [0.717, 1.165) is 0 Å². The number of fused-ring (bicyclic) bond motifs is 3. The van der Waals surface area contributed by atoms with Crippen molar-refractivity contribution in [3.8, 4) is 0 Å². The summed E-state index contributed by atoms with van der Waals surface area (Å²) in [7, 11) is 4.29. The molecule has 0 spiro atoms. The number of hydrogen-bond donors (Lipinski definition) is 0. The number of hydrogen-bond acceptors (Lipinski definition) is 1. The first-order valence-electron chi connectivity index (χ1n) is 4.76. The molecule has 0 aromatic rings. The van der Waals surface area contributed by atoms with Crippen molar-refractivity contribution < 1.29 is 0 Å². The molecule has 0 fully saturated rings. The first-order valence-corrected chi connectivity index (χ1v) is 4.76. The van der Waals surface area contributed by atoms with Crippen molar-refractivity contribution in [2.75, 3.05) is 14.1 Å². The Labute approximate surface area is 78.7 Å². The minimum absolute atomic E-state index is 0.521. The first-order chi connectivity index (χ1) is 6.27. The lowest BCUT2D eigenvalue weighted by Crippen LogP contribution is -2.26. The Morgan fingerprint density at radius 2 is 1.92 bits per heavy atom. The van der Waals surface area contributed by atoms with Gasteiger partial charge in [0.25, 0.3) is 0 Å². The van der Waals surface area contributed by atoms with Crippen molar-refractivity contribution in [3.63, 3.8) is 0 Å². The van der Waals surface area contributed by atoms with Crippen molar-refractivity contribution >= 4 is 0 Å². The molecular formula is C12H13N. The van der Waals surface area contributed by atoms with Crippen molar-refractivity contribution in [1.29, 1.82) is 0 Å². The van der Waals surface area contributed by atoms with Gasteiger partial charge in [-0.15, -0.1) is 0 Å². The molecule has 0 heterocycles. The number of rotatable bonds is 1. The lowest BCUT2D eigenvalue weighted by molar-refractivity contribution is 0.385. The van der Waals surface area contributed by atoms with E-state index < -0.39 is 0 Å². The van der Waals surface area contributed by atoms with E-state index in [0.29, 0.717) is 6.04 Å². The van der Waals surface area contributed by atoms with E-state index in [-0.39, 0.29) is 0 Å². The van der Waals surface area contributed by atoms with Gasteiger partial charge in [-0.3, -0.25) is 4.90 Å². The standard InChI is InChI=1S/C12H13N/c1-13(2)11-6-5-10-8-3-4-9(7-8)12(10)11/h3-6,11H,7H2,1-2H3. The molecule has 0 radical (unpaired) electrons. The molecule has 0 amide bonds. The smallest absolute Gasteiger partial charge is 0.0538 e. The maximum absolute atomic E-state index is 2.30. The summed E-state index contributed by atoms with van der Waals surface area (Å²) < 4.78 is 0. The van der Waals surface area contributed by atoms with Gasteiger partial charge in [0.1, 0.15) is 0 Å². The maximum atomic E-state index is 2.30. The third-order valence-corrected chi connectivity index (χ3v) is 3.15. The van der Waals surface area contributed by atoms with Crippen molar-refractivity contribution in [2.45, 2.75) is 12.5 Å². The van der Waals surface area contributed by atoms with Gasteiger partial charge in [-0.25, -0.2) is 0 Å². The summed E-state index contributed by atoms with van der Waals surface area (Å²) in [4.78, 5) is 2.28. The van der Waals surface area contributed by atoms with E-state index in [1.807, 2.05) is 0 Å². The zero-order chi connectivity index (χ0) is 9.00. The highest BCUT2D eigenvalue weighted by Gasteiger charge is 2.32. The molecule has 1 unspecified atom stereocenters. The second kappa shape index (κ2) is 2.24. The largest absolute Gasteiger partial charge is 0.299 e. The van der Waals surface area contributed by atoms with E-state index >= 15 is 0 Å². The average molecular weight is 171 g/mol. The van der Waals surface area contributed by atoms with Crippen LogP contribution < -0.4 is 0 Å². The van der Waals surface area contributed by atoms with Crippen LogP contribution >= 0.6 is 0 Å². The normalized spacial score (nSPS) is 28.7. The second-order valence-corrected chi connectivity index (χ2v) is 4.16. The highest BCUT2D eigenvalue weighted by Crippen LogP contribution is 2.45. The molecule has 1 atom stereocenters. The summed E-state index contributed by atoms with van der Waals surface area (Å²) >= 11 is 0. The van der Waals surface area contributed by atoms with Gasteiger partial charge in [0.2, 0.25) is 0 Å². The molecule has 13 heavy (non-hydrogen) atoms. The fraction of sp³-hybridized carbons (Fsp3) is 0.333. The van der Waals surface area contributed by atoms with Crippen LogP contribution in [0.1, 0.15) is 6.42 Å². The van der Waals surface area contributed by atoms with Gasteiger partial charge < -0.3 is 0 Å². The van der Waals surface area contributed by atoms with Gasteiger partial charge in [0.05, 0.1) is 6.04 Å². The van der Waals surface area contributed by atoms with Crippen LogP contribution in [0.25, 0.3) is 0 Å². The van der Waals surface area contributed by atoms with Gasteiger partial charge in [0.15, 0.2) is 0 Å². The predicted molar refractivity (Wildman–Crippen MR) is 54.4 cm³/mol. The predicted octanol–water partition coefficient (Wildman–Crippen LogP) is 2.05. The lowest BCUT2D eigenvalue weighted by Gasteiger charge is -2.20. The summed E-state index contributed by atoms with van der Waals surface area (Å²) in [5.74, 6) is 0.